The zero-order valence-electron chi connectivity index (χ0n) is 17.5. The van der Waals surface area contributed by atoms with Crippen LogP contribution in [0.3, 0.4) is 0 Å². The third-order valence-electron chi connectivity index (χ3n) is 4.75. The van der Waals surface area contributed by atoms with Crippen molar-refractivity contribution in [3.05, 3.63) is 91.6 Å². The van der Waals surface area contributed by atoms with E-state index in [-0.39, 0.29) is 17.9 Å². The lowest BCUT2D eigenvalue weighted by Crippen LogP contribution is -2.29. The first-order valence-corrected chi connectivity index (χ1v) is 10.3. The summed E-state index contributed by atoms with van der Waals surface area (Å²) in [6, 6.07) is 10.1. The van der Waals surface area contributed by atoms with Crippen molar-refractivity contribution >= 4 is 40.2 Å². The van der Waals surface area contributed by atoms with E-state index < -0.39 is 33.9 Å². The molecule has 4 aromatic rings. The number of aromatic nitrogens is 3. The minimum absolute atomic E-state index is 0.0480. The predicted octanol–water partition coefficient (Wildman–Crippen LogP) is 4.51. The molecule has 0 saturated carbocycles. The Kier molecular flexibility index (Phi) is 6.47. The number of fused-ring (bicyclic) bond motifs is 1. The zero-order chi connectivity index (χ0) is 25.2. The Morgan fingerprint density at radius 2 is 1.63 bits per heavy atom. The number of anilines is 2. The number of carbonyl (C=O) groups is 1. The number of H-pyrrole nitrogens is 2. The van der Waals surface area contributed by atoms with Gasteiger partial charge in [-0.1, -0.05) is 11.6 Å². The van der Waals surface area contributed by atoms with Crippen molar-refractivity contribution in [2.75, 3.05) is 10.6 Å². The highest BCUT2D eigenvalue weighted by Gasteiger charge is 2.33. The molecule has 13 heteroatoms. The molecule has 0 aliphatic heterocycles. The lowest BCUT2D eigenvalue weighted by Gasteiger charge is -2.13. The molecule has 9 nitrogen and oxygen atoms in total. The van der Waals surface area contributed by atoms with Gasteiger partial charge < -0.3 is 25.3 Å². The highest BCUT2D eigenvalue weighted by atomic mass is 35.5. The fourth-order valence-electron chi connectivity index (χ4n) is 3.10. The first-order valence-electron chi connectivity index (χ1n) is 9.88. The second kappa shape index (κ2) is 9.50. The molecule has 0 fully saturated rings. The second-order valence-electron chi connectivity index (χ2n) is 7.19. The van der Waals surface area contributed by atoms with E-state index in [1.807, 2.05) is 0 Å². The van der Waals surface area contributed by atoms with E-state index in [0.717, 1.165) is 12.1 Å². The number of benzene rings is 2. The van der Waals surface area contributed by atoms with E-state index in [0.29, 0.717) is 22.5 Å². The zero-order valence-corrected chi connectivity index (χ0v) is 18.3. The molecule has 4 N–H and O–H groups in total. The number of alkyl halides is 3. The molecule has 0 spiro atoms. The van der Waals surface area contributed by atoms with Crippen molar-refractivity contribution in [3.8, 4) is 5.75 Å². The van der Waals surface area contributed by atoms with Gasteiger partial charge in [-0.05, 0) is 48.5 Å². The molecule has 0 bridgehead atoms. The molecule has 0 aliphatic carbocycles. The maximum absolute atomic E-state index is 13.0. The summed E-state index contributed by atoms with van der Waals surface area (Å²) in [6.45, 7) is 0.0480. The van der Waals surface area contributed by atoms with Gasteiger partial charge in [-0.15, -0.1) is 0 Å². The number of ether oxygens (including phenoxy) is 1. The number of rotatable bonds is 5. The number of carbonyl (C=O) groups excluding carboxylic acids is 1. The van der Waals surface area contributed by atoms with Crippen LogP contribution in [0.2, 0.25) is 5.02 Å². The van der Waals surface area contributed by atoms with Gasteiger partial charge in [0.1, 0.15) is 12.4 Å². The normalized spacial score (nSPS) is 11.3. The molecule has 4 rings (SSSR count). The third-order valence-corrected chi connectivity index (χ3v) is 5.08. The fourth-order valence-corrected chi connectivity index (χ4v) is 3.32. The van der Waals surface area contributed by atoms with E-state index in [1.165, 1.54) is 24.4 Å². The first kappa shape index (κ1) is 23.8. The van der Waals surface area contributed by atoms with Crippen LogP contribution in [0.1, 0.15) is 11.1 Å². The number of nitrogens with zero attached hydrogens (tertiary/aromatic N) is 1. The molecule has 35 heavy (non-hydrogen) atoms. The highest BCUT2D eigenvalue weighted by molar-refractivity contribution is 6.31. The van der Waals surface area contributed by atoms with Crippen LogP contribution in [-0.4, -0.2) is 21.0 Å². The van der Waals surface area contributed by atoms with Crippen LogP contribution >= 0.6 is 11.6 Å². The van der Waals surface area contributed by atoms with Crippen LogP contribution in [0.5, 0.6) is 5.75 Å². The number of nitrogens with one attached hydrogen (secondary N) is 4. The van der Waals surface area contributed by atoms with Gasteiger partial charge in [-0.2, -0.15) is 13.2 Å². The minimum atomic E-state index is -4.66. The largest absolute Gasteiger partial charge is 0.489 e. The smallest absolute Gasteiger partial charge is 0.417 e. The van der Waals surface area contributed by atoms with Crippen molar-refractivity contribution in [1.29, 1.82) is 0 Å². The Hall–Kier alpha value is -4.32. The van der Waals surface area contributed by atoms with Crippen LogP contribution in [0.15, 0.2) is 64.3 Å². The molecule has 2 amide bonds. The van der Waals surface area contributed by atoms with Gasteiger partial charge in [0.2, 0.25) is 0 Å². The van der Waals surface area contributed by atoms with Crippen molar-refractivity contribution in [1.82, 2.24) is 15.0 Å². The summed E-state index contributed by atoms with van der Waals surface area (Å²) >= 11 is 5.58. The Morgan fingerprint density at radius 1 is 0.971 bits per heavy atom. The van der Waals surface area contributed by atoms with Crippen molar-refractivity contribution in [2.24, 2.45) is 0 Å². The minimum Gasteiger partial charge on any atom is -0.489 e. The van der Waals surface area contributed by atoms with Gasteiger partial charge in [-0.3, -0.25) is 9.59 Å². The van der Waals surface area contributed by atoms with Crippen LogP contribution in [0.4, 0.5) is 29.3 Å². The van der Waals surface area contributed by atoms with E-state index in [9.17, 15) is 27.6 Å². The molecule has 0 atom stereocenters. The summed E-state index contributed by atoms with van der Waals surface area (Å²) in [5.41, 5.74) is -1.28. The predicted molar refractivity (Wildman–Crippen MR) is 123 cm³/mol. The van der Waals surface area contributed by atoms with Crippen molar-refractivity contribution in [2.45, 2.75) is 12.8 Å². The monoisotopic (exact) mass is 505 g/mol. The Bertz CT molecular complexity index is 1520. The first-order chi connectivity index (χ1) is 16.6. The van der Waals surface area contributed by atoms with Crippen molar-refractivity contribution < 1.29 is 22.7 Å². The summed E-state index contributed by atoms with van der Waals surface area (Å²) in [7, 11) is 0. The number of urea groups is 1. The Balaban J connectivity index is 1.39. The summed E-state index contributed by atoms with van der Waals surface area (Å²) in [5, 5.41) is 4.34. The van der Waals surface area contributed by atoms with Gasteiger partial charge in [0.05, 0.1) is 16.1 Å². The quantitative estimate of drug-likeness (QED) is 0.297. The fraction of sp³-hybridized carbons (Fsp3) is 0.0909. The molecular weight excluding hydrogens is 491 g/mol. The van der Waals surface area contributed by atoms with Gasteiger partial charge in [-0.25, -0.2) is 9.78 Å². The number of aromatic amines is 2. The van der Waals surface area contributed by atoms with Crippen LogP contribution in [0, 0.1) is 0 Å². The van der Waals surface area contributed by atoms with E-state index in [2.05, 4.69) is 25.6 Å². The molecule has 2 aromatic carbocycles. The van der Waals surface area contributed by atoms with Crippen molar-refractivity contribution in [3.63, 3.8) is 0 Å². The number of amides is 2. The number of halogens is 4. The lowest BCUT2D eigenvalue weighted by atomic mass is 10.2. The number of pyridine rings is 1. The SMILES string of the molecule is O=C(Nc1ccc(OCc2ccnc3[nH]c(=O)c(=O)[nH]c23)cc1)Nc1ccc(Cl)c(C(F)(F)F)c1. The molecule has 2 aromatic heterocycles. The number of hydrogen-bond acceptors (Lipinski definition) is 5. The lowest BCUT2D eigenvalue weighted by molar-refractivity contribution is -0.137. The number of hydrogen-bond donors (Lipinski definition) is 4. The highest BCUT2D eigenvalue weighted by Crippen LogP contribution is 2.36. The van der Waals surface area contributed by atoms with Gasteiger partial charge in [0.25, 0.3) is 0 Å². The summed E-state index contributed by atoms with van der Waals surface area (Å²) < 4.78 is 44.6. The average Bonchev–Trinajstić information content (AvgIpc) is 2.80. The van der Waals surface area contributed by atoms with Crippen LogP contribution in [0.25, 0.3) is 11.2 Å². The summed E-state index contributed by atoms with van der Waals surface area (Å²) in [5.74, 6) is 0.431. The average molecular weight is 506 g/mol. The maximum Gasteiger partial charge on any atom is 0.417 e. The maximum atomic E-state index is 13.0. The molecule has 2 heterocycles. The van der Waals surface area contributed by atoms with E-state index in [4.69, 9.17) is 16.3 Å². The summed E-state index contributed by atoms with van der Waals surface area (Å²) in [4.78, 5) is 44.1. The van der Waals surface area contributed by atoms with E-state index in [1.54, 1.807) is 18.2 Å². The van der Waals surface area contributed by atoms with E-state index >= 15 is 0 Å². The summed E-state index contributed by atoms with van der Waals surface area (Å²) in [6.07, 6.45) is -3.20. The molecule has 0 unspecified atom stereocenters. The van der Waals surface area contributed by atoms with Crippen LogP contribution in [-0.2, 0) is 12.8 Å². The molecule has 180 valence electrons. The standard InChI is InChI=1S/C22H15ClF3N5O4/c23-16-6-3-13(9-15(16)22(24,25)26)29-21(34)28-12-1-4-14(5-2-12)35-10-11-7-8-27-18-17(11)30-19(32)20(33)31-18/h1-9H,10H2,(H,30,32)(H,27,31,33)(H2,28,29,34). The molecule has 0 radical (unpaired) electrons. The van der Waals surface area contributed by atoms with Gasteiger partial charge in [0, 0.05) is 23.1 Å². The second-order valence-corrected chi connectivity index (χ2v) is 7.59. The topological polar surface area (TPSA) is 129 Å². The Morgan fingerprint density at radius 3 is 2.34 bits per heavy atom. The third kappa shape index (κ3) is 5.61. The molecule has 0 aliphatic rings. The Labute approximate surface area is 198 Å². The van der Waals surface area contributed by atoms with Crippen LogP contribution < -0.4 is 26.5 Å². The van der Waals surface area contributed by atoms with Gasteiger partial charge in [0.15, 0.2) is 5.65 Å². The molecule has 0 saturated heterocycles. The van der Waals surface area contributed by atoms with Gasteiger partial charge >= 0.3 is 23.3 Å². The molecular formula is C22H15ClF3N5O4.